The molecule has 0 aromatic rings. The van der Waals surface area contributed by atoms with Crippen LogP contribution in [0.5, 0.6) is 0 Å². The maximum atomic E-state index is 13.0. The van der Waals surface area contributed by atoms with Gasteiger partial charge in [-0.25, -0.2) is 0 Å². The minimum absolute atomic E-state index is 0.00347. The lowest BCUT2D eigenvalue weighted by Gasteiger charge is -2.58. The molecule has 11 atom stereocenters. The summed E-state index contributed by atoms with van der Waals surface area (Å²) in [5.41, 5.74) is -4.66. The molecule has 0 unspecified atom stereocenters. The van der Waals surface area contributed by atoms with Crippen molar-refractivity contribution >= 4 is 41.4 Å². The van der Waals surface area contributed by atoms with Gasteiger partial charge in [0, 0.05) is 40.0 Å². The quantitative estimate of drug-likeness (QED) is 0.164. The van der Waals surface area contributed by atoms with Gasteiger partial charge in [-0.2, -0.15) is 0 Å². The van der Waals surface area contributed by atoms with Crippen LogP contribution < -0.4 is 0 Å². The Kier molecular flexibility index (Phi) is 8.27. The lowest BCUT2D eigenvalue weighted by molar-refractivity contribution is -0.259. The summed E-state index contributed by atoms with van der Waals surface area (Å²) < 4.78 is 34.9. The van der Waals surface area contributed by atoms with E-state index in [1.165, 1.54) is 27.7 Å². The van der Waals surface area contributed by atoms with Gasteiger partial charge in [0.2, 0.25) is 0 Å². The molecule has 13 heteroatoms. The van der Waals surface area contributed by atoms with Crippen molar-refractivity contribution in [1.29, 1.82) is 0 Å². The first-order valence-electron chi connectivity index (χ1n) is 13.6. The second kappa shape index (κ2) is 10.9. The van der Waals surface area contributed by atoms with Crippen LogP contribution in [-0.2, 0) is 52.4 Å². The van der Waals surface area contributed by atoms with Crippen LogP contribution in [0.3, 0.4) is 0 Å². The van der Waals surface area contributed by atoms with Crippen molar-refractivity contribution in [3.05, 3.63) is 12.2 Å². The Morgan fingerprint density at radius 1 is 0.951 bits per heavy atom. The normalized spacial score (nSPS) is 43.6. The monoisotopic (exact) mass is 600 g/mol. The van der Waals surface area contributed by atoms with Gasteiger partial charge in [0.15, 0.2) is 11.7 Å². The Morgan fingerprint density at radius 3 is 1.98 bits per heavy atom. The molecule has 1 spiro atoms. The summed E-state index contributed by atoms with van der Waals surface area (Å²) >= 11 is 6.78. The summed E-state index contributed by atoms with van der Waals surface area (Å²) in [6, 6.07) is 0. The molecule has 1 N–H and O–H groups in total. The van der Waals surface area contributed by atoms with Crippen molar-refractivity contribution < 1.29 is 57.5 Å². The number of esters is 5. The topological polar surface area (TPSA) is 164 Å². The predicted molar refractivity (Wildman–Crippen MR) is 139 cm³/mol. The highest BCUT2D eigenvalue weighted by molar-refractivity contribution is 6.23. The third-order valence-electron chi connectivity index (χ3n) is 9.14. The Hall–Kier alpha value is -2.70. The molecule has 0 bridgehead atoms. The maximum absolute atomic E-state index is 13.0. The van der Waals surface area contributed by atoms with Gasteiger partial charge in [-0.3, -0.25) is 24.0 Å². The number of halogens is 1. The molecule has 2 heterocycles. The molecule has 4 rings (SSSR count). The summed E-state index contributed by atoms with van der Waals surface area (Å²) in [6.07, 6.45) is -5.82. The minimum Gasteiger partial charge on any atom is -0.462 e. The van der Waals surface area contributed by atoms with Crippen LogP contribution in [-0.4, -0.2) is 88.7 Å². The number of alkyl halides is 1. The van der Waals surface area contributed by atoms with Gasteiger partial charge in [-0.1, -0.05) is 19.1 Å². The molecular weight excluding hydrogens is 564 g/mol. The molecule has 2 aliphatic carbocycles. The van der Waals surface area contributed by atoms with Crippen LogP contribution in [0.4, 0.5) is 0 Å². The summed E-state index contributed by atoms with van der Waals surface area (Å²) in [7, 11) is 0. The van der Waals surface area contributed by atoms with E-state index in [9.17, 15) is 29.1 Å². The zero-order valence-electron chi connectivity index (χ0n) is 24.0. The molecule has 0 aromatic heterocycles. The number of epoxide rings is 1. The van der Waals surface area contributed by atoms with E-state index < -0.39 is 94.2 Å². The first-order chi connectivity index (χ1) is 19.0. The Bertz CT molecular complexity index is 1150. The Balaban J connectivity index is 2.06. The molecule has 12 nitrogen and oxygen atoms in total. The SMILES string of the molecule is C=C1CC[C@@H](OC(C)=O)[C@]2(C)[C@@H](OC(C)=O)C[C@@H](OC(C)=O)[C@]3(CO3)[C@@H]2[C@@H](OC(C)=O)[C@@]2(O)[C@H](OC(=O)[C@@H]2C)[C@H]1Cl. The van der Waals surface area contributed by atoms with E-state index in [1.54, 1.807) is 6.92 Å². The Morgan fingerprint density at radius 2 is 1.46 bits per heavy atom. The molecule has 41 heavy (non-hydrogen) atoms. The molecule has 228 valence electrons. The van der Waals surface area contributed by atoms with E-state index in [0.717, 1.165) is 6.92 Å². The van der Waals surface area contributed by atoms with Crippen molar-refractivity contribution in [3.63, 3.8) is 0 Å². The van der Waals surface area contributed by atoms with E-state index in [-0.39, 0.29) is 25.9 Å². The third-order valence-corrected chi connectivity index (χ3v) is 9.68. The van der Waals surface area contributed by atoms with E-state index >= 15 is 0 Å². The van der Waals surface area contributed by atoms with Gasteiger partial charge in [0.25, 0.3) is 0 Å². The lowest BCUT2D eigenvalue weighted by Crippen LogP contribution is -2.72. The zero-order chi connectivity index (χ0) is 30.7. The van der Waals surface area contributed by atoms with Crippen LogP contribution in [0, 0.1) is 17.3 Å². The van der Waals surface area contributed by atoms with Gasteiger partial charge in [0.05, 0.1) is 23.3 Å². The fourth-order valence-corrected chi connectivity index (χ4v) is 7.53. The van der Waals surface area contributed by atoms with Crippen molar-refractivity contribution in [3.8, 4) is 0 Å². The van der Waals surface area contributed by atoms with E-state index in [1.807, 2.05) is 0 Å². The minimum atomic E-state index is -2.25. The highest BCUT2D eigenvalue weighted by Gasteiger charge is 2.78. The predicted octanol–water partition coefficient (Wildman–Crippen LogP) is 1.76. The van der Waals surface area contributed by atoms with Crippen LogP contribution >= 0.6 is 11.6 Å². The summed E-state index contributed by atoms with van der Waals surface area (Å²) in [4.78, 5) is 62.9. The zero-order valence-corrected chi connectivity index (χ0v) is 24.7. The van der Waals surface area contributed by atoms with Crippen molar-refractivity contribution in [1.82, 2.24) is 0 Å². The van der Waals surface area contributed by atoms with E-state index in [0.29, 0.717) is 5.57 Å². The standard InChI is InChI=1S/C28H37ClO12/c1-12-8-9-18(37-14(3)30)26(7)19(38-15(4)31)10-20(39-16(5)32)27(11-36-27)22(26)24(40-17(6)33)28(35)13(2)25(34)41-23(28)21(12)29/h13,18-24,35H,1,8-11H2,2-7H3/t13-,18+,19-,20+,21-,22+,23+,24+,26+,27+,28-/m0/s1. The summed E-state index contributed by atoms with van der Waals surface area (Å²) in [6.45, 7) is 11.9. The van der Waals surface area contributed by atoms with Gasteiger partial charge >= 0.3 is 29.8 Å². The smallest absolute Gasteiger partial charge is 0.312 e. The van der Waals surface area contributed by atoms with Crippen LogP contribution in [0.15, 0.2) is 12.2 Å². The molecule has 2 saturated heterocycles. The number of rotatable bonds is 4. The summed E-state index contributed by atoms with van der Waals surface area (Å²) in [5, 5.41) is 11.5. The fraction of sp³-hybridized carbons (Fsp3) is 0.750. The lowest BCUT2D eigenvalue weighted by atomic mass is 9.51. The number of fused-ring (bicyclic) bond motifs is 3. The molecule has 4 aliphatic rings. The molecule has 2 saturated carbocycles. The van der Waals surface area contributed by atoms with Gasteiger partial charge in [-0.05, 0) is 19.8 Å². The largest absolute Gasteiger partial charge is 0.462 e. The first-order valence-corrected chi connectivity index (χ1v) is 14.0. The molecule has 0 radical (unpaired) electrons. The van der Waals surface area contributed by atoms with Crippen LogP contribution in [0.1, 0.15) is 60.8 Å². The molecule has 4 fully saturated rings. The van der Waals surface area contributed by atoms with Crippen molar-refractivity contribution in [2.24, 2.45) is 17.3 Å². The van der Waals surface area contributed by atoms with Crippen molar-refractivity contribution in [2.45, 2.75) is 108 Å². The number of aliphatic hydroxyl groups is 1. The molecule has 0 amide bonds. The molecule has 2 aliphatic heterocycles. The van der Waals surface area contributed by atoms with E-state index in [4.69, 9.17) is 40.0 Å². The average molecular weight is 601 g/mol. The average Bonchev–Trinajstić information content (AvgIpc) is 3.61. The second-order valence-corrected chi connectivity index (χ2v) is 12.2. The molecule has 0 aromatic carbocycles. The highest BCUT2D eigenvalue weighted by Crippen LogP contribution is 2.63. The van der Waals surface area contributed by atoms with Crippen molar-refractivity contribution in [2.75, 3.05) is 6.61 Å². The van der Waals surface area contributed by atoms with Crippen LogP contribution in [0.2, 0.25) is 0 Å². The number of hydrogen-bond acceptors (Lipinski definition) is 12. The second-order valence-electron chi connectivity index (χ2n) is 11.7. The number of carbonyl (C=O) groups is 5. The number of ether oxygens (including phenoxy) is 6. The van der Waals surface area contributed by atoms with Gasteiger partial charge in [-0.15, -0.1) is 11.6 Å². The number of hydrogen-bond donors (Lipinski definition) is 1. The third kappa shape index (κ3) is 5.12. The Labute approximate surface area is 242 Å². The fourth-order valence-electron chi connectivity index (χ4n) is 7.17. The van der Waals surface area contributed by atoms with Crippen LogP contribution in [0.25, 0.3) is 0 Å². The summed E-state index contributed by atoms with van der Waals surface area (Å²) in [5.74, 6) is -5.94. The van der Waals surface area contributed by atoms with Gasteiger partial charge < -0.3 is 33.5 Å². The van der Waals surface area contributed by atoms with E-state index in [2.05, 4.69) is 6.58 Å². The first kappa shape index (κ1) is 31.2. The maximum Gasteiger partial charge on any atom is 0.312 e. The van der Waals surface area contributed by atoms with Gasteiger partial charge in [0.1, 0.15) is 30.0 Å². The highest BCUT2D eigenvalue weighted by atomic mass is 35.5. The number of carbonyl (C=O) groups excluding carboxylic acids is 5. The molecular formula is C28H37ClO12.